The zero-order valence-corrected chi connectivity index (χ0v) is 8.46. The third kappa shape index (κ3) is 1.35. The van der Waals surface area contributed by atoms with Crippen LogP contribution in [0.15, 0.2) is 12.1 Å². The Morgan fingerprint density at radius 2 is 2.08 bits per heavy atom. The van der Waals surface area contributed by atoms with Gasteiger partial charge < -0.3 is 5.73 Å². The summed E-state index contributed by atoms with van der Waals surface area (Å²) in [4.78, 5) is 4.49. The van der Waals surface area contributed by atoms with Crippen LogP contribution in [0.2, 0.25) is 0 Å². The number of hydrogen-bond donors (Lipinski definition) is 1. The molecule has 1 aliphatic rings. The average Bonchev–Trinajstić information content (AvgIpc) is 2.59. The lowest BCUT2D eigenvalue weighted by Gasteiger charge is -2.11. The van der Waals surface area contributed by atoms with Gasteiger partial charge in [0.2, 0.25) is 0 Å². The maximum absolute atomic E-state index is 6.19. The van der Waals surface area contributed by atoms with E-state index in [1.807, 2.05) is 6.92 Å². The second kappa shape index (κ2) is 2.55. The minimum absolute atomic E-state index is 0.128. The number of nitrogens with zero attached hydrogens (tertiary/aromatic N) is 1. The lowest BCUT2D eigenvalue weighted by Crippen LogP contribution is -2.23. The van der Waals surface area contributed by atoms with E-state index in [1.54, 1.807) is 0 Å². The Hall–Kier alpha value is -0.890. The van der Waals surface area contributed by atoms with Gasteiger partial charge in [0.15, 0.2) is 0 Å². The molecule has 13 heavy (non-hydrogen) atoms. The van der Waals surface area contributed by atoms with E-state index in [0.29, 0.717) is 5.92 Å². The van der Waals surface area contributed by atoms with Gasteiger partial charge in [-0.1, -0.05) is 6.92 Å². The molecule has 2 atom stereocenters. The van der Waals surface area contributed by atoms with Crippen molar-refractivity contribution in [2.75, 3.05) is 0 Å². The largest absolute Gasteiger partial charge is 0.320 e. The van der Waals surface area contributed by atoms with Gasteiger partial charge >= 0.3 is 0 Å². The molecule has 0 aromatic carbocycles. The van der Waals surface area contributed by atoms with E-state index in [-0.39, 0.29) is 5.54 Å². The van der Waals surface area contributed by atoms with Crippen LogP contribution in [0.3, 0.4) is 0 Å². The fraction of sp³-hybridized carbons (Fsp3) is 0.545. The van der Waals surface area contributed by atoms with Gasteiger partial charge in [0.25, 0.3) is 0 Å². The van der Waals surface area contributed by atoms with Crippen LogP contribution < -0.4 is 5.73 Å². The van der Waals surface area contributed by atoms with Crippen LogP contribution in [-0.4, -0.2) is 4.98 Å². The monoisotopic (exact) mass is 176 g/mol. The highest BCUT2D eigenvalue weighted by atomic mass is 14.9. The van der Waals surface area contributed by atoms with Gasteiger partial charge in [0.05, 0.1) is 11.2 Å². The molecule has 0 bridgehead atoms. The van der Waals surface area contributed by atoms with Crippen molar-refractivity contribution in [3.05, 3.63) is 29.1 Å². The molecule has 1 aromatic rings. The van der Waals surface area contributed by atoms with Crippen molar-refractivity contribution >= 4 is 0 Å². The quantitative estimate of drug-likeness (QED) is 0.709. The van der Waals surface area contributed by atoms with Crippen molar-refractivity contribution in [2.24, 2.45) is 11.7 Å². The molecule has 2 unspecified atom stereocenters. The van der Waals surface area contributed by atoms with Crippen molar-refractivity contribution in [2.45, 2.75) is 32.7 Å². The molecule has 70 valence electrons. The number of nitrogens with two attached hydrogens (primary N) is 1. The number of rotatable bonds is 1. The molecule has 1 aromatic heterocycles. The molecule has 2 N–H and O–H groups in total. The smallest absolute Gasteiger partial charge is 0.0614 e. The Morgan fingerprint density at radius 3 is 2.54 bits per heavy atom. The molecular weight excluding hydrogens is 160 g/mol. The Morgan fingerprint density at radius 1 is 1.46 bits per heavy atom. The first kappa shape index (κ1) is 8.70. The lowest BCUT2D eigenvalue weighted by molar-refractivity contribution is 0.638. The molecule has 0 saturated heterocycles. The van der Waals surface area contributed by atoms with Crippen molar-refractivity contribution in [3.8, 4) is 0 Å². The van der Waals surface area contributed by atoms with E-state index in [1.165, 1.54) is 5.56 Å². The van der Waals surface area contributed by atoms with Gasteiger partial charge in [-0.3, -0.25) is 4.98 Å². The number of pyridine rings is 1. The summed E-state index contributed by atoms with van der Waals surface area (Å²) < 4.78 is 0. The highest BCUT2D eigenvalue weighted by Gasteiger charge is 2.50. The molecule has 1 saturated carbocycles. The molecule has 0 amide bonds. The van der Waals surface area contributed by atoms with E-state index in [9.17, 15) is 0 Å². The predicted octanol–water partition coefficient (Wildman–Crippen LogP) is 1.89. The molecule has 1 aliphatic carbocycles. The van der Waals surface area contributed by atoms with Crippen LogP contribution in [0, 0.1) is 19.8 Å². The number of hydrogen-bond acceptors (Lipinski definition) is 2. The van der Waals surface area contributed by atoms with Crippen LogP contribution in [0.5, 0.6) is 0 Å². The first-order valence-electron chi connectivity index (χ1n) is 4.77. The van der Waals surface area contributed by atoms with E-state index in [2.05, 4.69) is 31.0 Å². The van der Waals surface area contributed by atoms with Crippen LogP contribution in [0.4, 0.5) is 0 Å². The third-order valence-corrected chi connectivity index (χ3v) is 2.94. The molecule has 2 nitrogen and oxygen atoms in total. The summed E-state index contributed by atoms with van der Waals surface area (Å²) in [6.07, 6.45) is 1.07. The highest BCUT2D eigenvalue weighted by Crippen LogP contribution is 2.48. The molecule has 2 heteroatoms. The lowest BCUT2D eigenvalue weighted by atomic mass is 10.1. The van der Waals surface area contributed by atoms with Gasteiger partial charge in [0, 0.05) is 5.69 Å². The predicted molar refractivity (Wildman–Crippen MR) is 53.4 cm³/mol. The van der Waals surface area contributed by atoms with Crippen LogP contribution >= 0.6 is 0 Å². The Bertz CT molecular complexity index is 326. The maximum Gasteiger partial charge on any atom is 0.0614 e. The molecule has 1 heterocycles. The van der Waals surface area contributed by atoms with Crippen molar-refractivity contribution in [1.82, 2.24) is 4.98 Å². The van der Waals surface area contributed by atoms with Crippen molar-refractivity contribution < 1.29 is 0 Å². The van der Waals surface area contributed by atoms with Gasteiger partial charge in [-0.05, 0) is 43.9 Å². The first-order chi connectivity index (χ1) is 6.02. The summed E-state index contributed by atoms with van der Waals surface area (Å²) in [5, 5.41) is 0. The van der Waals surface area contributed by atoms with Crippen LogP contribution in [0.1, 0.15) is 30.3 Å². The van der Waals surface area contributed by atoms with Crippen LogP contribution in [0.25, 0.3) is 0 Å². The Balaban J connectivity index is 2.42. The molecular formula is C11H16N2. The summed E-state index contributed by atoms with van der Waals surface area (Å²) >= 11 is 0. The third-order valence-electron chi connectivity index (χ3n) is 2.94. The van der Waals surface area contributed by atoms with Crippen molar-refractivity contribution in [3.63, 3.8) is 0 Å². The normalized spacial score (nSPS) is 31.8. The molecule has 0 radical (unpaired) electrons. The maximum atomic E-state index is 6.19. The average molecular weight is 176 g/mol. The van der Waals surface area contributed by atoms with Crippen LogP contribution in [-0.2, 0) is 5.54 Å². The zero-order chi connectivity index (χ0) is 9.64. The van der Waals surface area contributed by atoms with Gasteiger partial charge in [-0.2, -0.15) is 0 Å². The highest BCUT2D eigenvalue weighted by molar-refractivity contribution is 5.30. The summed E-state index contributed by atoms with van der Waals surface area (Å²) in [5.41, 5.74) is 9.45. The second-order valence-electron chi connectivity index (χ2n) is 4.32. The minimum atomic E-state index is -0.128. The molecule has 1 fully saturated rings. The fourth-order valence-corrected chi connectivity index (χ4v) is 1.88. The molecule has 0 aliphatic heterocycles. The van der Waals surface area contributed by atoms with Gasteiger partial charge in [-0.25, -0.2) is 0 Å². The van der Waals surface area contributed by atoms with E-state index in [0.717, 1.165) is 17.8 Å². The van der Waals surface area contributed by atoms with Gasteiger partial charge in [0.1, 0.15) is 0 Å². The first-order valence-corrected chi connectivity index (χ1v) is 4.77. The standard InChI is InChI=1S/C11H16N2/c1-7-4-9(3)13-10(5-7)11(12)6-8(11)2/h4-5,8H,6,12H2,1-3H3. The number of aryl methyl sites for hydroxylation is 2. The van der Waals surface area contributed by atoms with E-state index in [4.69, 9.17) is 5.73 Å². The fourth-order valence-electron chi connectivity index (χ4n) is 1.88. The summed E-state index contributed by atoms with van der Waals surface area (Å²) in [5.74, 6) is 0.584. The topological polar surface area (TPSA) is 38.9 Å². The summed E-state index contributed by atoms with van der Waals surface area (Å²) in [6, 6.07) is 4.19. The Kier molecular flexibility index (Phi) is 1.70. The van der Waals surface area contributed by atoms with E-state index >= 15 is 0 Å². The van der Waals surface area contributed by atoms with Crippen molar-refractivity contribution in [1.29, 1.82) is 0 Å². The second-order valence-corrected chi connectivity index (χ2v) is 4.32. The minimum Gasteiger partial charge on any atom is -0.320 e. The zero-order valence-electron chi connectivity index (χ0n) is 8.46. The summed E-state index contributed by atoms with van der Waals surface area (Å²) in [6.45, 7) is 6.29. The molecule has 2 rings (SSSR count). The number of aromatic nitrogens is 1. The SMILES string of the molecule is Cc1cc(C)nc(C2(N)CC2C)c1. The molecule has 0 spiro atoms. The van der Waals surface area contributed by atoms with E-state index < -0.39 is 0 Å². The summed E-state index contributed by atoms with van der Waals surface area (Å²) in [7, 11) is 0. The Labute approximate surface area is 79.2 Å². The van der Waals surface area contributed by atoms with Gasteiger partial charge in [-0.15, -0.1) is 0 Å².